The van der Waals surface area contributed by atoms with Gasteiger partial charge in [0.2, 0.25) is 5.75 Å². The summed E-state index contributed by atoms with van der Waals surface area (Å²) >= 11 is 0. The van der Waals surface area contributed by atoms with E-state index in [1.807, 2.05) is 18.2 Å². The summed E-state index contributed by atoms with van der Waals surface area (Å²) in [6, 6.07) is 11.5. The lowest BCUT2D eigenvalue weighted by Crippen LogP contribution is -2.49. The van der Waals surface area contributed by atoms with Crippen LogP contribution in [0, 0.1) is 0 Å². The van der Waals surface area contributed by atoms with Crippen molar-refractivity contribution in [3.8, 4) is 28.7 Å². The van der Waals surface area contributed by atoms with Gasteiger partial charge >= 0.3 is 0 Å². The second kappa shape index (κ2) is 12.5. The van der Waals surface area contributed by atoms with Crippen LogP contribution < -0.4 is 28.6 Å². The predicted molar refractivity (Wildman–Crippen MR) is 126 cm³/mol. The summed E-state index contributed by atoms with van der Waals surface area (Å²) in [6.07, 6.45) is -0.614. The van der Waals surface area contributed by atoms with E-state index >= 15 is 0 Å². The van der Waals surface area contributed by atoms with Gasteiger partial charge in [0.05, 0.1) is 34.1 Å². The third kappa shape index (κ3) is 6.25. The van der Waals surface area contributed by atoms with E-state index in [-0.39, 0.29) is 19.0 Å². The van der Waals surface area contributed by atoms with Crippen molar-refractivity contribution in [2.75, 3.05) is 72.7 Å². The average Bonchev–Trinajstić information content (AvgIpc) is 2.82. The normalized spacial score (nSPS) is 14.8. The fourth-order valence-corrected chi connectivity index (χ4v) is 3.75. The summed E-state index contributed by atoms with van der Waals surface area (Å²) < 4.78 is 27.3. The van der Waals surface area contributed by atoms with E-state index in [4.69, 9.17) is 23.7 Å². The van der Waals surface area contributed by atoms with Crippen molar-refractivity contribution in [3.63, 3.8) is 0 Å². The van der Waals surface area contributed by atoms with Crippen molar-refractivity contribution in [1.82, 2.24) is 4.90 Å². The zero-order valence-corrected chi connectivity index (χ0v) is 19.9. The number of hydrogen-bond donors (Lipinski definition) is 1. The number of ether oxygens (including phenoxy) is 5. The monoisotopic (exact) mass is 468 g/mol. The summed E-state index contributed by atoms with van der Waals surface area (Å²) in [6.45, 7) is 4.19. The first-order valence-corrected chi connectivity index (χ1v) is 10.3. The highest BCUT2D eigenvalue weighted by Crippen LogP contribution is 2.40. The number of para-hydroxylation sites is 2. The molecule has 0 radical (unpaired) electrons. The number of rotatable bonds is 10. The molecule has 178 valence electrons. The average molecular weight is 469 g/mol. The van der Waals surface area contributed by atoms with Crippen LogP contribution in [0.4, 0.5) is 5.69 Å². The number of nitrogens with zero attached hydrogens (tertiary/aromatic N) is 2. The summed E-state index contributed by atoms with van der Waals surface area (Å²) in [5.41, 5.74) is 1.11. The quantitative estimate of drug-likeness (QED) is 0.570. The summed E-state index contributed by atoms with van der Waals surface area (Å²) in [4.78, 5) is 4.56. The van der Waals surface area contributed by atoms with Gasteiger partial charge in [-0.2, -0.15) is 0 Å². The zero-order valence-electron chi connectivity index (χ0n) is 19.1. The largest absolute Gasteiger partial charge is 0.495 e. The molecule has 8 nitrogen and oxygen atoms in total. The van der Waals surface area contributed by atoms with Gasteiger partial charge in [0.25, 0.3) is 0 Å². The molecule has 1 heterocycles. The van der Waals surface area contributed by atoms with Crippen LogP contribution in [0.25, 0.3) is 0 Å². The standard InChI is InChI=1S/C23H32N2O6.ClH/c1-27-20-8-6-5-7-19(20)25-11-9-24(10-12-25)15-17(26)16-31-18-13-21(28-2)23(30-4)22(14-18)29-3;/h5-8,13-14,17,26H,9-12,15-16H2,1-4H3;1H. The maximum atomic E-state index is 10.5. The van der Waals surface area contributed by atoms with Gasteiger partial charge in [-0.3, -0.25) is 4.90 Å². The molecule has 2 aromatic carbocycles. The maximum absolute atomic E-state index is 10.5. The number of halogens is 1. The number of piperazine rings is 1. The highest BCUT2D eigenvalue weighted by Gasteiger charge is 2.22. The Labute approximate surface area is 196 Å². The number of hydrogen-bond acceptors (Lipinski definition) is 8. The Bertz CT molecular complexity index is 820. The van der Waals surface area contributed by atoms with Crippen LogP contribution in [0.3, 0.4) is 0 Å². The number of aliphatic hydroxyl groups is 1. The van der Waals surface area contributed by atoms with Crippen LogP contribution in [0.5, 0.6) is 28.7 Å². The number of aliphatic hydroxyl groups excluding tert-OH is 1. The van der Waals surface area contributed by atoms with Crippen molar-refractivity contribution < 1.29 is 28.8 Å². The molecule has 1 aliphatic heterocycles. The molecular weight excluding hydrogens is 436 g/mol. The van der Waals surface area contributed by atoms with Crippen LogP contribution in [0.1, 0.15) is 0 Å². The molecule has 0 amide bonds. The van der Waals surface area contributed by atoms with Gasteiger partial charge in [-0.1, -0.05) is 12.1 Å². The van der Waals surface area contributed by atoms with E-state index in [2.05, 4.69) is 15.9 Å². The minimum Gasteiger partial charge on any atom is -0.495 e. The van der Waals surface area contributed by atoms with E-state index in [9.17, 15) is 5.11 Å². The van der Waals surface area contributed by atoms with Gasteiger partial charge in [0.1, 0.15) is 24.2 Å². The Kier molecular flexibility index (Phi) is 10.0. The summed E-state index contributed by atoms with van der Waals surface area (Å²) in [5.74, 6) is 2.97. The van der Waals surface area contributed by atoms with E-state index in [0.29, 0.717) is 29.5 Å². The zero-order chi connectivity index (χ0) is 22.2. The van der Waals surface area contributed by atoms with E-state index in [1.54, 1.807) is 40.6 Å². The maximum Gasteiger partial charge on any atom is 0.203 e. The Hall–Kier alpha value is -2.55. The fraction of sp³-hybridized carbons (Fsp3) is 0.478. The Morgan fingerprint density at radius 1 is 0.844 bits per heavy atom. The summed E-state index contributed by atoms with van der Waals surface area (Å²) in [7, 11) is 6.36. The van der Waals surface area contributed by atoms with E-state index < -0.39 is 6.10 Å². The molecule has 0 aliphatic carbocycles. The van der Waals surface area contributed by atoms with Crippen molar-refractivity contribution >= 4 is 18.1 Å². The van der Waals surface area contributed by atoms with Crippen molar-refractivity contribution in [2.45, 2.75) is 6.10 Å². The van der Waals surface area contributed by atoms with Crippen molar-refractivity contribution in [1.29, 1.82) is 0 Å². The number of methoxy groups -OCH3 is 4. The lowest BCUT2D eigenvalue weighted by atomic mass is 10.2. The number of β-amino-alcohol motifs (C(OH)–C–C–N with tert-alkyl or cyclic N) is 1. The molecule has 0 spiro atoms. The molecule has 0 saturated carbocycles. The topological polar surface area (TPSA) is 72.9 Å². The van der Waals surface area contributed by atoms with Crippen LogP contribution in [0.2, 0.25) is 0 Å². The van der Waals surface area contributed by atoms with Gasteiger partial charge in [0, 0.05) is 44.9 Å². The molecule has 1 aliphatic rings. The Morgan fingerprint density at radius 2 is 1.44 bits per heavy atom. The molecule has 0 aromatic heterocycles. The molecule has 1 N–H and O–H groups in total. The van der Waals surface area contributed by atoms with Gasteiger partial charge in [0.15, 0.2) is 11.5 Å². The molecule has 3 rings (SSSR count). The van der Waals surface area contributed by atoms with Gasteiger partial charge in [-0.15, -0.1) is 12.4 Å². The molecule has 0 bridgehead atoms. The molecule has 1 unspecified atom stereocenters. The molecule has 32 heavy (non-hydrogen) atoms. The van der Waals surface area contributed by atoms with Crippen LogP contribution >= 0.6 is 12.4 Å². The van der Waals surface area contributed by atoms with Crippen molar-refractivity contribution in [3.05, 3.63) is 36.4 Å². The fourth-order valence-electron chi connectivity index (χ4n) is 3.75. The highest BCUT2D eigenvalue weighted by molar-refractivity contribution is 5.85. The third-order valence-corrected chi connectivity index (χ3v) is 5.35. The highest BCUT2D eigenvalue weighted by atomic mass is 35.5. The molecule has 2 aromatic rings. The van der Waals surface area contributed by atoms with Crippen LogP contribution in [-0.2, 0) is 0 Å². The van der Waals surface area contributed by atoms with Crippen molar-refractivity contribution in [2.24, 2.45) is 0 Å². The SMILES string of the molecule is COc1ccccc1N1CCN(CC(O)COc2cc(OC)c(OC)c(OC)c2)CC1.Cl. The second-order valence-electron chi connectivity index (χ2n) is 7.29. The first kappa shape index (κ1) is 25.7. The lowest BCUT2D eigenvalue weighted by molar-refractivity contribution is 0.0660. The smallest absolute Gasteiger partial charge is 0.203 e. The van der Waals surface area contributed by atoms with Gasteiger partial charge in [-0.05, 0) is 12.1 Å². The van der Waals surface area contributed by atoms with E-state index in [0.717, 1.165) is 37.6 Å². The van der Waals surface area contributed by atoms with Crippen LogP contribution in [-0.4, -0.2) is 83.9 Å². The molecule has 1 saturated heterocycles. The second-order valence-corrected chi connectivity index (χ2v) is 7.29. The molecule has 9 heteroatoms. The molecule has 1 fully saturated rings. The Morgan fingerprint density at radius 3 is 2.00 bits per heavy atom. The first-order chi connectivity index (χ1) is 15.1. The molecule has 1 atom stereocenters. The summed E-state index contributed by atoms with van der Waals surface area (Å²) in [5, 5.41) is 10.5. The predicted octanol–water partition coefficient (Wildman–Crippen LogP) is 2.70. The van der Waals surface area contributed by atoms with Crippen LogP contribution in [0.15, 0.2) is 36.4 Å². The number of benzene rings is 2. The van der Waals surface area contributed by atoms with Gasteiger partial charge < -0.3 is 33.7 Å². The minimum atomic E-state index is -0.614. The van der Waals surface area contributed by atoms with E-state index in [1.165, 1.54) is 0 Å². The van der Waals surface area contributed by atoms with Gasteiger partial charge in [-0.25, -0.2) is 0 Å². The molecular formula is C23H33ClN2O6. The number of anilines is 1. The Balaban J connectivity index is 0.00000363. The lowest BCUT2D eigenvalue weighted by Gasteiger charge is -2.37. The third-order valence-electron chi connectivity index (χ3n) is 5.35. The minimum absolute atomic E-state index is 0. The first-order valence-electron chi connectivity index (χ1n) is 10.3.